The zero-order valence-corrected chi connectivity index (χ0v) is 24.9. The lowest BCUT2D eigenvalue weighted by atomic mass is 9.76. The molecule has 1 unspecified atom stereocenters. The van der Waals surface area contributed by atoms with E-state index < -0.39 is 0 Å². The number of rotatable bonds is 8. The monoisotopic (exact) mass is 564 g/mol. The van der Waals surface area contributed by atoms with Crippen molar-refractivity contribution in [3.63, 3.8) is 0 Å². The lowest BCUT2D eigenvalue weighted by Crippen LogP contribution is -2.34. The summed E-state index contributed by atoms with van der Waals surface area (Å²) in [7, 11) is 0. The molecule has 1 saturated heterocycles. The molecule has 0 saturated carbocycles. The van der Waals surface area contributed by atoms with Crippen LogP contribution in [0.5, 0.6) is 0 Å². The highest BCUT2D eigenvalue weighted by Gasteiger charge is 2.31. The Balaban J connectivity index is 1.32. The number of pyridine rings is 1. The number of aryl methyl sites for hydroxylation is 1. The van der Waals surface area contributed by atoms with Gasteiger partial charge in [-0.3, -0.25) is 15.1 Å². The lowest BCUT2D eigenvalue weighted by molar-refractivity contribution is -0.121. The van der Waals surface area contributed by atoms with E-state index in [2.05, 4.69) is 41.7 Å². The predicted octanol–water partition coefficient (Wildman–Crippen LogP) is 6.41. The van der Waals surface area contributed by atoms with Crippen molar-refractivity contribution in [2.45, 2.75) is 58.3 Å². The molecule has 5 rings (SSSR count). The minimum Gasteiger partial charge on any atom is -0.317 e. The van der Waals surface area contributed by atoms with Crippen LogP contribution in [0.3, 0.4) is 0 Å². The third-order valence-corrected chi connectivity index (χ3v) is 7.86. The lowest BCUT2D eigenvalue weighted by Gasteiger charge is -2.30. The number of carbonyl (C=O) groups is 2. The van der Waals surface area contributed by atoms with Gasteiger partial charge in [0.25, 0.3) is 0 Å². The second-order valence-corrected chi connectivity index (χ2v) is 12.2. The van der Waals surface area contributed by atoms with Crippen molar-refractivity contribution in [1.82, 2.24) is 20.1 Å². The molecule has 0 radical (unpaired) electrons. The Bertz CT molecular complexity index is 1500. The number of hydrogen-bond acceptors (Lipinski definition) is 5. The highest BCUT2D eigenvalue weighted by molar-refractivity contribution is 5.99. The van der Waals surface area contributed by atoms with E-state index in [0.29, 0.717) is 17.9 Å². The van der Waals surface area contributed by atoms with Gasteiger partial charge in [0.15, 0.2) is 0 Å². The fraction of sp³-hybridized carbons (Fsp3) is 0.353. The average Bonchev–Trinajstić information content (AvgIpc) is 3.40. The van der Waals surface area contributed by atoms with Crippen molar-refractivity contribution in [3.8, 4) is 5.69 Å². The summed E-state index contributed by atoms with van der Waals surface area (Å²) in [5.74, 6) is 0.890. The van der Waals surface area contributed by atoms with Crippen molar-refractivity contribution in [2.75, 3.05) is 23.7 Å². The van der Waals surface area contributed by atoms with E-state index in [1.54, 1.807) is 17.1 Å². The summed E-state index contributed by atoms with van der Waals surface area (Å²) < 4.78 is 1.76. The van der Waals surface area contributed by atoms with Gasteiger partial charge in [-0.2, -0.15) is 5.10 Å². The molecular weight excluding hydrogens is 524 g/mol. The number of benzene rings is 2. The quantitative estimate of drug-likeness (QED) is 0.230. The van der Waals surface area contributed by atoms with Crippen molar-refractivity contribution < 1.29 is 9.59 Å². The minimum absolute atomic E-state index is 0.182. The van der Waals surface area contributed by atoms with Crippen LogP contribution in [0.15, 0.2) is 79.1 Å². The van der Waals surface area contributed by atoms with Gasteiger partial charge in [-0.1, -0.05) is 50.6 Å². The number of Topliss-reactive ketones (excluding diaryl/α,β-unsaturated/α-hetero) is 1. The SMILES string of the molecule is Cc1ccc(-n2nc(C(C)(C)C)cc2NC(=O)Nc2ccc(C(C(=O)Cc3ccncc3)C3CCNCC3)cc2)cc1. The number of urea groups is 1. The average molecular weight is 565 g/mol. The van der Waals surface area contributed by atoms with E-state index in [0.717, 1.165) is 54.0 Å². The standard InChI is InChI=1S/C34H40N6O2/c1-23-5-11-28(12-6-23)40-31(22-30(39-40)34(2,3)4)38-33(42)37-27-9-7-25(8-10-27)32(26-15-19-36-20-16-26)29(41)21-24-13-17-35-18-14-24/h5-14,17-18,22,26,32,36H,15-16,19-21H2,1-4H3,(H2,37,38,42). The van der Waals surface area contributed by atoms with Crippen molar-refractivity contribution in [3.05, 3.63) is 102 Å². The number of nitrogens with zero attached hydrogens (tertiary/aromatic N) is 3. The van der Waals surface area contributed by atoms with Gasteiger partial charge in [-0.25, -0.2) is 9.48 Å². The van der Waals surface area contributed by atoms with Crippen LogP contribution in [0.1, 0.15) is 61.9 Å². The van der Waals surface area contributed by atoms with Crippen LogP contribution in [0.25, 0.3) is 5.69 Å². The first-order valence-electron chi connectivity index (χ1n) is 14.7. The number of anilines is 2. The molecule has 3 heterocycles. The highest BCUT2D eigenvalue weighted by atomic mass is 16.2. The van der Waals surface area contributed by atoms with Crippen molar-refractivity contribution in [1.29, 1.82) is 0 Å². The summed E-state index contributed by atoms with van der Waals surface area (Å²) in [5.41, 5.74) is 5.33. The Kier molecular flexibility index (Phi) is 8.83. The maximum Gasteiger partial charge on any atom is 0.324 e. The zero-order valence-electron chi connectivity index (χ0n) is 24.9. The fourth-order valence-electron chi connectivity index (χ4n) is 5.48. The number of piperidine rings is 1. The molecule has 1 aliphatic rings. The summed E-state index contributed by atoms with van der Waals surface area (Å²) in [6.45, 7) is 10.2. The molecule has 0 spiro atoms. The zero-order chi connectivity index (χ0) is 29.7. The van der Waals surface area contributed by atoms with Crippen LogP contribution in [0.2, 0.25) is 0 Å². The molecular formula is C34H40N6O2. The van der Waals surface area contributed by atoms with Crippen LogP contribution < -0.4 is 16.0 Å². The summed E-state index contributed by atoms with van der Waals surface area (Å²) in [4.78, 5) is 30.8. The van der Waals surface area contributed by atoms with E-state index in [1.807, 2.05) is 73.7 Å². The molecule has 4 aromatic rings. The number of carbonyl (C=O) groups excluding carboxylic acids is 2. The topological polar surface area (TPSA) is 101 Å². The number of amides is 2. The largest absolute Gasteiger partial charge is 0.324 e. The summed E-state index contributed by atoms with van der Waals surface area (Å²) >= 11 is 0. The van der Waals surface area contributed by atoms with Crippen molar-refractivity contribution >= 4 is 23.3 Å². The molecule has 0 aliphatic carbocycles. The molecule has 1 aliphatic heterocycles. The van der Waals surface area contributed by atoms with Gasteiger partial charge in [0, 0.05) is 41.9 Å². The summed E-state index contributed by atoms with van der Waals surface area (Å²) in [6.07, 6.45) is 5.75. The first kappa shape index (κ1) is 29.2. The molecule has 218 valence electrons. The summed E-state index contributed by atoms with van der Waals surface area (Å²) in [6, 6.07) is 21.1. The van der Waals surface area contributed by atoms with E-state index in [4.69, 9.17) is 5.10 Å². The van der Waals surface area contributed by atoms with Gasteiger partial charge < -0.3 is 10.6 Å². The Morgan fingerprint density at radius 1 is 0.952 bits per heavy atom. The van der Waals surface area contributed by atoms with E-state index in [9.17, 15) is 9.59 Å². The number of hydrogen-bond donors (Lipinski definition) is 3. The number of nitrogens with one attached hydrogen (secondary N) is 3. The van der Waals surface area contributed by atoms with Crippen LogP contribution >= 0.6 is 0 Å². The third kappa shape index (κ3) is 7.12. The first-order valence-corrected chi connectivity index (χ1v) is 14.7. The molecule has 2 aromatic carbocycles. The molecule has 2 aromatic heterocycles. The summed E-state index contributed by atoms with van der Waals surface area (Å²) in [5, 5.41) is 14.1. The van der Waals surface area contributed by atoms with Gasteiger partial charge in [-0.15, -0.1) is 0 Å². The van der Waals surface area contributed by atoms with Gasteiger partial charge in [0.2, 0.25) is 0 Å². The predicted molar refractivity (Wildman–Crippen MR) is 167 cm³/mol. The first-order chi connectivity index (χ1) is 20.2. The smallest absolute Gasteiger partial charge is 0.317 e. The van der Waals surface area contributed by atoms with E-state index >= 15 is 0 Å². The molecule has 0 bridgehead atoms. The van der Waals surface area contributed by atoms with Crippen molar-refractivity contribution in [2.24, 2.45) is 5.92 Å². The Hall–Kier alpha value is -4.30. The molecule has 8 nitrogen and oxygen atoms in total. The van der Waals surface area contributed by atoms with Crippen LogP contribution in [-0.4, -0.2) is 39.7 Å². The van der Waals surface area contributed by atoms with E-state index in [-0.39, 0.29) is 29.1 Å². The van der Waals surface area contributed by atoms with Gasteiger partial charge >= 0.3 is 6.03 Å². The molecule has 42 heavy (non-hydrogen) atoms. The maximum atomic E-state index is 13.6. The second-order valence-electron chi connectivity index (χ2n) is 12.2. The number of aromatic nitrogens is 3. The van der Waals surface area contributed by atoms with E-state index in [1.165, 1.54) is 0 Å². The molecule has 1 fully saturated rings. The van der Waals surface area contributed by atoms with Gasteiger partial charge in [-0.05, 0) is 86.3 Å². The van der Waals surface area contributed by atoms with Crippen LogP contribution in [-0.2, 0) is 16.6 Å². The fourth-order valence-corrected chi connectivity index (χ4v) is 5.48. The highest BCUT2D eigenvalue weighted by Crippen LogP contribution is 2.34. The maximum absolute atomic E-state index is 13.6. The molecule has 2 amide bonds. The van der Waals surface area contributed by atoms with Crippen LogP contribution in [0.4, 0.5) is 16.3 Å². The number of ketones is 1. The van der Waals surface area contributed by atoms with Gasteiger partial charge in [0.05, 0.1) is 11.4 Å². The third-order valence-electron chi connectivity index (χ3n) is 7.86. The van der Waals surface area contributed by atoms with Crippen LogP contribution in [0, 0.1) is 12.8 Å². The van der Waals surface area contributed by atoms with Gasteiger partial charge in [0.1, 0.15) is 11.6 Å². The normalized spacial score (nSPS) is 14.8. The second kappa shape index (κ2) is 12.7. The molecule has 3 N–H and O–H groups in total. The Labute approximate surface area is 248 Å². The molecule has 8 heteroatoms. The Morgan fingerprint density at radius 3 is 2.26 bits per heavy atom. The Morgan fingerprint density at radius 2 is 1.62 bits per heavy atom. The minimum atomic E-state index is -0.361. The molecule has 1 atom stereocenters.